The molecule has 7 heteroatoms. The molecule has 5 nitrogen and oxygen atoms in total. The van der Waals surface area contributed by atoms with E-state index in [9.17, 15) is 14.7 Å². The SMILES string of the molecule is CC(S)C(C)OC(=O)CC(O)C(=O)OC(C)C(C)S. The molecule has 5 unspecified atom stereocenters. The van der Waals surface area contributed by atoms with Crippen molar-refractivity contribution in [3.8, 4) is 0 Å². The molecule has 0 aromatic heterocycles. The summed E-state index contributed by atoms with van der Waals surface area (Å²) in [6.45, 7) is 6.88. The van der Waals surface area contributed by atoms with Crippen molar-refractivity contribution in [2.24, 2.45) is 0 Å². The van der Waals surface area contributed by atoms with E-state index in [1.54, 1.807) is 27.7 Å². The largest absolute Gasteiger partial charge is 0.461 e. The van der Waals surface area contributed by atoms with E-state index in [4.69, 9.17) is 9.47 Å². The van der Waals surface area contributed by atoms with Gasteiger partial charge >= 0.3 is 11.9 Å². The first kappa shape index (κ1) is 18.6. The van der Waals surface area contributed by atoms with Crippen LogP contribution in [0.15, 0.2) is 0 Å². The van der Waals surface area contributed by atoms with Crippen LogP contribution in [0.3, 0.4) is 0 Å². The number of hydrogen-bond acceptors (Lipinski definition) is 7. The molecule has 0 aliphatic carbocycles. The molecule has 0 amide bonds. The molecule has 5 atom stereocenters. The summed E-state index contributed by atoms with van der Waals surface area (Å²) in [5.41, 5.74) is 0. The minimum absolute atomic E-state index is 0.127. The molecule has 1 N–H and O–H groups in total. The average molecular weight is 310 g/mol. The third-order valence-corrected chi connectivity index (χ3v) is 3.45. The second-order valence-electron chi connectivity index (χ2n) is 4.54. The van der Waals surface area contributed by atoms with Crippen molar-refractivity contribution >= 4 is 37.2 Å². The van der Waals surface area contributed by atoms with Crippen LogP contribution in [0.4, 0.5) is 0 Å². The van der Waals surface area contributed by atoms with E-state index in [1.807, 2.05) is 0 Å². The number of ether oxygens (including phenoxy) is 2. The van der Waals surface area contributed by atoms with E-state index in [1.165, 1.54) is 0 Å². The second kappa shape index (κ2) is 8.71. The van der Waals surface area contributed by atoms with Gasteiger partial charge in [-0.1, -0.05) is 0 Å². The molecule has 0 spiro atoms. The van der Waals surface area contributed by atoms with E-state index in [2.05, 4.69) is 25.3 Å². The topological polar surface area (TPSA) is 72.8 Å². The van der Waals surface area contributed by atoms with Crippen LogP contribution in [-0.2, 0) is 19.1 Å². The zero-order valence-electron chi connectivity index (χ0n) is 11.6. The van der Waals surface area contributed by atoms with Gasteiger partial charge in [-0.25, -0.2) is 4.79 Å². The lowest BCUT2D eigenvalue weighted by Gasteiger charge is -2.19. The Morgan fingerprint density at radius 1 is 1.00 bits per heavy atom. The zero-order chi connectivity index (χ0) is 15.2. The maximum atomic E-state index is 11.5. The third kappa shape index (κ3) is 7.69. The van der Waals surface area contributed by atoms with Crippen LogP contribution in [0.1, 0.15) is 34.1 Å². The molecule has 0 rings (SSSR count). The minimum atomic E-state index is -1.52. The summed E-state index contributed by atoms with van der Waals surface area (Å²) < 4.78 is 9.93. The number of carbonyl (C=O) groups is 2. The minimum Gasteiger partial charge on any atom is -0.461 e. The monoisotopic (exact) mass is 310 g/mol. The molecular formula is C12H22O5S2. The Morgan fingerprint density at radius 3 is 1.84 bits per heavy atom. The molecule has 0 aromatic rings. The lowest BCUT2D eigenvalue weighted by Crippen LogP contribution is -2.33. The molecule has 0 saturated heterocycles. The highest BCUT2D eigenvalue weighted by Gasteiger charge is 2.25. The highest BCUT2D eigenvalue weighted by molar-refractivity contribution is 7.81. The van der Waals surface area contributed by atoms with Crippen molar-refractivity contribution in [3.63, 3.8) is 0 Å². The molecule has 0 aliphatic rings. The van der Waals surface area contributed by atoms with Crippen molar-refractivity contribution in [1.82, 2.24) is 0 Å². The molecule has 0 bridgehead atoms. The number of esters is 2. The first-order chi connectivity index (χ1) is 8.65. The maximum absolute atomic E-state index is 11.5. The van der Waals surface area contributed by atoms with Crippen molar-refractivity contribution in [1.29, 1.82) is 0 Å². The Morgan fingerprint density at radius 2 is 1.42 bits per heavy atom. The van der Waals surface area contributed by atoms with Crippen molar-refractivity contribution < 1.29 is 24.2 Å². The Bertz CT molecular complexity index is 306. The fourth-order valence-corrected chi connectivity index (χ4v) is 1.08. The van der Waals surface area contributed by atoms with E-state index >= 15 is 0 Å². The van der Waals surface area contributed by atoms with Crippen LogP contribution in [0.2, 0.25) is 0 Å². The van der Waals surface area contributed by atoms with Gasteiger partial charge in [0, 0.05) is 10.5 Å². The number of rotatable bonds is 7. The number of aliphatic hydroxyl groups excluding tert-OH is 1. The van der Waals surface area contributed by atoms with E-state index in [-0.39, 0.29) is 10.5 Å². The van der Waals surface area contributed by atoms with Gasteiger partial charge in [0.1, 0.15) is 12.2 Å². The third-order valence-electron chi connectivity index (χ3n) is 2.61. The number of carbonyl (C=O) groups excluding carboxylic acids is 2. The molecule has 0 heterocycles. The molecule has 0 fully saturated rings. The van der Waals surface area contributed by atoms with Gasteiger partial charge in [-0.2, -0.15) is 25.3 Å². The van der Waals surface area contributed by atoms with Gasteiger partial charge in [0.15, 0.2) is 6.10 Å². The van der Waals surface area contributed by atoms with Gasteiger partial charge in [-0.05, 0) is 27.7 Å². The van der Waals surface area contributed by atoms with Crippen LogP contribution in [0.5, 0.6) is 0 Å². The smallest absolute Gasteiger partial charge is 0.335 e. The van der Waals surface area contributed by atoms with Crippen LogP contribution in [0, 0.1) is 0 Å². The van der Waals surface area contributed by atoms with E-state index in [0.717, 1.165) is 0 Å². The quantitative estimate of drug-likeness (QED) is 0.487. The second-order valence-corrected chi connectivity index (χ2v) is 6.17. The lowest BCUT2D eigenvalue weighted by molar-refractivity contribution is -0.164. The molecule has 0 saturated carbocycles. The summed E-state index contributed by atoms with van der Waals surface area (Å²) in [4.78, 5) is 22.9. The van der Waals surface area contributed by atoms with Crippen LogP contribution in [-0.4, -0.2) is 45.9 Å². The Kier molecular flexibility index (Phi) is 8.52. The predicted molar refractivity (Wildman–Crippen MR) is 78.6 cm³/mol. The molecule has 0 radical (unpaired) electrons. The molecule has 19 heavy (non-hydrogen) atoms. The fraction of sp³-hybridized carbons (Fsp3) is 0.833. The number of aliphatic hydroxyl groups is 1. The van der Waals surface area contributed by atoms with Gasteiger partial charge in [0.05, 0.1) is 6.42 Å². The summed E-state index contributed by atoms with van der Waals surface area (Å²) in [5.74, 6) is -1.51. The zero-order valence-corrected chi connectivity index (χ0v) is 13.4. The first-order valence-corrected chi connectivity index (χ1v) is 7.12. The Hall–Kier alpha value is -0.400. The van der Waals surface area contributed by atoms with Crippen molar-refractivity contribution in [2.45, 2.75) is 62.9 Å². The molecular weight excluding hydrogens is 288 g/mol. The van der Waals surface area contributed by atoms with Gasteiger partial charge in [0.2, 0.25) is 0 Å². The summed E-state index contributed by atoms with van der Waals surface area (Å²) in [7, 11) is 0. The lowest BCUT2D eigenvalue weighted by atomic mass is 10.2. The van der Waals surface area contributed by atoms with E-state index in [0.29, 0.717) is 0 Å². The maximum Gasteiger partial charge on any atom is 0.335 e. The van der Waals surface area contributed by atoms with Crippen LogP contribution < -0.4 is 0 Å². The van der Waals surface area contributed by atoms with Gasteiger partial charge in [-0.15, -0.1) is 0 Å². The summed E-state index contributed by atoms with van der Waals surface area (Å²) in [5, 5.41) is 9.26. The first-order valence-electron chi connectivity index (χ1n) is 6.09. The van der Waals surface area contributed by atoms with Crippen molar-refractivity contribution in [3.05, 3.63) is 0 Å². The number of hydrogen-bond donors (Lipinski definition) is 3. The summed E-state index contributed by atoms with van der Waals surface area (Å²) in [6.07, 6.45) is -2.80. The average Bonchev–Trinajstić information content (AvgIpc) is 2.27. The van der Waals surface area contributed by atoms with Gasteiger partial charge in [0.25, 0.3) is 0 Å². The normalized spacial score (nSPS) is 18.9. The highest BCUT2D eigenvalue weighted by Crippen LogP contribution is 2.10. The fourth-order valence-electron chi connectivity index (χ4n) is 0.955. The highest BCUT2D eigenvalue weighted by atomic mass is 32.1. The van der Waals surface area contributed by atoms with Gasteiger partial charge < -0.3 is 14.6 Å². The Labute approximate surface area is 124 Å². The standard InChI is InChI=1S/C12H22O5S2/c1-6(8(3)18)16-11(14)5-10(13)12(15)17-7(2)9(4)19/h6-10,13,18-19H,5H2,1-4H3. The molecule has 0 aromatic carbocycles. The van der Waals surface area contributed by atoms with Crippen LogP contribution >= 0.6 is 25.3 Å². The summed E-state index contributed by atoms with van der Waals surface area (Å²) in [6, 6.07) is 0. The Balaban J connectivity index is 4.18. The van der Waals surface area contributed by atoms with Crippen LogP contribution in [0.25, 0.3) is 0 Å². The molecule has 112 valence electrons. The number of thiol groups is 2. The van der Waals surface area contributed by atoms with E-state index < -0.39 is 36.7 Å². The predicted octanol–water partition coefficient (Wildman–Crippen LogP) is 1.24. The summed E-state index contributed by atoms with van der Waals surface area (Å²) >= 11 is 8.24. The van der Waals surface area contributed by atoms with Crippen molar-refractivity contribution in [2.75, 3.05) is 0 Å². The molecule has 0 aliphatic heterocycles. The van der Waals surface area contributed by atoms with Gasteiger partial charge in [-0.3, -0.25) is 4.79 Å².